The van der Waals surface area contributed by atoms with Gasteiger partial charge in [-0.2, -0.15) is 13.2 Å². The molecule has 11 heteroatoms. The summed E-state index contributed by atoms with van der Waals surface area (Å²) in [7, 11) is 0. The van der Waals surface area contributed by atoms with Crippen LogP contribution >= 0.6 is 0 Å². The molecule has 1 aliphatic heterocycles. The first-order valence-corrected chi connectivity index (χ1v) is 8.77. The Morgan fingerprint density at radius 2 is 1.96 bits per heavy atom. The lowest BCUT2D eigenvalue weighted by Crippen LogP contribution is -2.46. The summed E-state index contributed by atoms with van der Waals surface area (Å²) in [6.45, 7) is 5.67. The smallest absolute Gasteiger partial charge is 0.480 e. The number of aliphatic carboxylic acids is 2. The summed E-state index contributed by atoms with van der Waals surface area (Å²) in [6.07, 6.45) is -0.745. The molecule has 0 radical (unpaired) electrons. The maximum Gasteiger partial charge on any atom is 0.490 e. The third kappa shape index (κ3) is 7.67. The summed E-state index contributed by atoms with van der Waals surface area (Å²) < 4.78 is 31.7. The van der Waals surface area contributed by atoms with Crippen molar-refractivity contribution < 1.29 is 33.0 Å². The van der Waals surface area contributed by atoms with Gasteiger partial charge in [-0.05, 0) is 37.8 Å². The van der Waals surface area contributed by atoms with E-state index in [9.17, 15) is 23.1 Å². The van der Waals surface area contributed by atoms with E-state index in [2.05, 4.69) is 28.7 Å². The van der Waals surface area contributed by atoms with Gasteiger partial charge in [0.15, 0.2) is 0 Å². The Labute approximate surface area is 160 Å². The fourth-order valence-corrected chi connectivity index (χ4v) is 3.00. The van der Waals surface area contributed by atoms with Gasteiger partial charge in [0, 0.05) is 18.7 Å². The van der Waals surface area contributed by atoms with Gasteiger partial charge in [-0.25, -0.2) is 14.8 Å². The molecule has 1 aromatic rings. The molecule has 0 saturated carbocycles. The maximum absolute atomic E-state index is 11.5. The van der Waals surface area contributed by atoms with Crippen molar-refractivity contribution in [2.24, 2.45) is 5.92 Å². The van der Waals surface area contributed by atoms with Gasteiger partial charge in [0.05, 0.1) is 5.69 Å². The number of likely N-dealkylation sites (tertiary alicyclic amines) is 1. The Morgan fingerprint density at radius 1 is 1.36 bits per heavy atom. The lowest BCUT2D eigenvalue weighted by Gasteiger charge is -2.36. The van der Waals surface area contributed by atoms with Crippen molar-refractivity contribution in [2.45, 2.75) is 51.2 Å². The maximum atomic E-state index is 11.5. The van der Waals surface area contributed by atoms with Crippen molar-refractivity contribution in [1.82, 2.24) is 14.9 Å². The van der Waals surface area contributed by atoms with Crippen LogP contribution in [0.1, 0.15) is 44.7 Å². The number of aromatic nitrogens is 2. The summed E-state index contributed by atoms with van der Waals surface area (Å²) in [5.41, 5.74) is 6.56. The van der Waals surface area contributed by atoms with Crippen LogP contribution in [-0.2, 0) is 9.59 Å². The minimum Gasteiger partial charge on any atom is -0.480 e. The molecular formula is C17H25F3N4O4. The van der Waals surface area contributed by atoms with E-state index in [1.54, 1.807) is 6.20 Å². The monoisotopic (exact) mass is 406 g/mol. The second kappa shape index (κ2) is 10.2. The Balaban J connectivity index is 0.000000480. The van der Waals surface area contributed by atoms with Gasteiger partial charge >= 0.3 is 18.1 Å². The predicted molar refractivity (Wildman–Crippen MR) is 94.6 cm³/mol. The summed E-state index contributed by atoms with van der Waals surface area (Å²) in [6, 6.07) is 1.47. The summed E-state index contributed by atoms with van der Waals surface area (Å²) in [5.74, 6) is -2.61. The number of nitrogen functional groups attached to an aromatic ring is 1. The fraction of sp³-hybridized carbons (Fsp3) is 0.647. The molecule has 4 N–H and O–H groups in total. The van der Waals surface area contributed by atoms with Crippen LogP contribution in [0.2, 0.25) is 0 Å². The van der Waals surface area contributed by atoms with E-state index < -0.39 is 24.2 Å². The number of nitrogens with zero attached hydrogens (tertiary/aromatic N) is 3. The van der Waals surface area contributed by atoms with Crippen LogP contribution in [-0.4, -0.2) is 62.3 Å². The highest BCUT2D eigenvalue weighted by Crippen LogP contribution is 2.28. The molecule has 1 fully saturated rings. The van der Waals surface area contributed by atoms with E-state index in [0.717, 1.165) is 31.6 Å². The number of halogens is 3. The summed E-state index contributed by atoms with van der Waals surface area (Å²) >= 11 is 0. The fourth-order valence-electron chi connectivity index (χ4n) is 3.00. The third-order valence-corrected chi connectivity index (χ3v) is 4.23. The summed E-state index contributed by atoms with van der Waals surface area (Å²) in [5, 5.41) is 16.6. The van der Waals surface area contributed by atoms with E-state index in [1.807, 2.05) is 6.07 Å². The van der Waals surface area contributed by atoms with Gasteiger partial charge < -0.3 is 15.9 Å². The van der Waals surface area contributed by atoms with Gasteiger partial charge in [0.25, 0.3) is 0 Å². The summed E-state index contributed by atoms with van der Waals surface area (Å²) in [4.78, 5) is 30.7. The Morgan fingerprint density at radius 3 is 2.43 bits per heavy atom. The lowest BCUT2D eigenvalue weighted by atomic mass is 9.92. The van der Waals surface area contributed by atoms with Crippen molar-refractivity contribution in [3.05, 3.63) is 18.0 Å². The van der Waals surface area contributed by atoms with Gasteiger partial charge in [-0.3, -0.25) is 9.69 Å². The zero-order valence-corrected chi connectivity index (χ0v) is 15.7. The Kier molecular flexibility index (Phi) is 8.61. The average molecular weight is 406 g/mol. The van der Waals surface area contributed by atoms with E-state index in [-0.39, 0.29) is 11.9 Å². The zero-order chi connectivity index (χ0) is 21.5. The molecule has 28 heavy (non-hydrogen) atoms. The van der Waals surface area contributed by atoms with E-state index in [1.165, 1.54) is 0 Å². The number of alkyl halides is 3. The van der Waals surface area contributed by atoms with Crippen molar-refractivity contribution in [3.63, 3.8) is 0 Å². The predicted octanol–water partition coefficient (Wildman–Crippen LogP) is 2.37. The number of hydrogen-bond acceptors (Lipinski definition) is 6. The number of carboxylic acid groups (broad SMARTS) is 2. The number of rotatable bonds is 5. The Hall–Kier alpha value is -2.43. The highest BCUT2D eigenvalue weighted by Gasteiger charge is 2.38. The molecule has 1 aliphatic rings. The topological polar surface area (TPSA) is 130 Å². The van der Waals surface area contributed by atoms with Crippen molar-refractivity contribution in [1.29, 1.82) is 0 Å². The number of nitrogens with two attached hydrogens (primary N) is 1. The van der Waals surface area contributed by atoms with Gasteiger partial charge in [0.1, 0.15) is 6.04 Å². The number of carboxylic acids is 2. The van der Waals surface area contributed by atoms with Crippen molar-refractivity contribution in [3.8, 4) is 0 Å². The van der Waals surface area contributed by atoms with E-state index >= 15 is 0 Å². The van der Waals surface area contributed by atoms with Gasteiger partial charge in [0.2, 0.25) is 5.95 Å². The molecule has 2 heterocycles. The second-order valence-electron chi connectivity index (χ2n) is 6.96. The Bertz CT molecular complexity index is 670. The van der Waals surface area contributed by atoms with Crippen LogP contribution in [0.25, 0.3) is 0 Å². The van der Waals surface area contributed by atoms with Crippen LogP contribution in [0, 0.1) is 5.92 Å². The van der Waals surface area contributed by atoms with E-state index in [4.69, 9.17) is 15.6 Å². The normalized spacial score (nSPS) is 18.9. The van der Waals surface area contributed by atoms with Crippen LogP contribution < -0.4 is 5.73 Å². The first-order chi connectivity index (χ1) is 12.9. The van der Waals surface area contributed by atoms with Crippen LogP contribution in [0.15, 0.2) is 12.3 Å². The minimum atomic E-state index is -5.08. The largest absolute Gasteiger partial charge is 0.490 e. The second-order valence-corrected chi connectivity index (χ2v) is 6.96. The number of anilines is 1. The molecule has 8 nitrogen and oxygen atoms in total. The molecular weight excluding hydrogens is 381 g/mol. The van der Waals surface area contributed by atoms with Gasteiger partial charge in [-0.15, -0.1) is 0 Å². The number of piperidine rings is 1. The van der Waals surface area contributed by atoms with Crippen molar-refractivity contribution >= 4 is 17.9 Å². The molecule has 0 aliphatic carbocycles. The third-order valence-electron chi connectivity index (χ3n) is 4.23. The highest BCUT2D eigenvalue weighted by molar-refractivity contribution is 5.73. The molecule has 0 aromatic carbocycles. The molecule has 2 atom stereocenters. The van der Waals surface area contributed by atoms with Gasteiger partial charge in [-0.1, -0.05) is 13.8 Å². The quantitative estimate of drug-likeness (QED) is 0.680. The van der Waals surface area contributed by atoms with Crippen LogP contribution in [0.5, 0.6) is 0 Å². The molecule has 2 unspecified atom stereocenters. The zero-order valence-electron chi connectivity index (χ0n) is 15.7. The molecule has 2 rings (SSSR count). The first kappa shape index (κ1) is 23.6. The SMILES string of the molecule is CC(C)CC(C(=O)O)N1CCCC(c2ccnc(N)n2)C1.O=C(O)C(F)(F)F. The van der Waals surface area contributed by atoms with Crippen molar-refractivity contribution in [2.75, 3.05) is 18.8 Å². The lowest BCUT2D eigenvalue weighted by molar-refractivity contribution is -0.192. The molecule has 158 valence electrons. The first-order valence-electron chi connectivity index (χ1n) is 8.77. The molecule has 1 aromatic heterocycles. The van der Waals surface area contributed by atoms with Crippen LogP contribution in [0.4, 0.5) is 19.1 Å². The minimum absolute atomic E-state index is 0.234. The number of carbonyl (C=O) groups is 2. The molecule has 1 saturated heterocycles. The standard InChI is InChI=1S/C15H24N4O2.C2HF3O2/c1-10(2)8-13(14(20)21)19-7-3-4-11(9-19)12-5-6-17-15(16)18-12;3-2(4,5)1(6)7/h5-6,10-11,13H,3-4,7-9H2,1-2H3,(H,20,21)(H2,16,17,18);(H,6,7). The average Bonchev–Trinajstić information content (AvgIpc) is 2.59. The number of hydrogen-bond donors (Lipinski definition) is 3. The molecule has 0 bridgehead atoms. The molecule has 0 spiro atoms. The highest BCUT2D eigenvalue weighted by atomic mass is 19.4. The molecule has 0 amide bonds. The van der Waals surface area contributed by atoms with Crippen LogP contribution in [0.3, 0.4) is 0 Å². The van der Waals surface area contributed by atoms with E-state index in [0.29, 0.717) is 12.3 Å².